The lowest BCUT2D eigenvalue weighted by atomic mass is 9.89. The smallest absolute Gasteiger partial charge is 0.410 e. The number of rotatable bonds is 2. The summed E-state index contributed by atoms with van der Waals surface area (Å²) in [5, 5.41) is 2.50. The lowest BCUT2D eigenvalue weighted by Crippen LogP contribution is -2.48. The Morgan fingerprint density at radius 2 is 1.88 bits per heavy atom. The van der Waals surface area contributed by atoms with E-state index in [9.17, 15) is 4.79 Å². The number of ether oxygens (including phenoxy) is 1. The molecule has 0 spiro atoms. The minimum atomic E-state index is -0.455. The number of hydrogen-bond acceptors (Lipinski definition) is 2. The van der Waals surface area contributed by atoms with Gasteiger partial charge in [-0.25, -0.2) is 4.79 Å². The molecule has 0 radical (unpaired) electrons. The molecule has 1 atom stereocenters. The maximum atomic E-state index is 12.6. The van der Waals surface area contributed by atoms with E-state index in [0.29, 0.717) is 0 Å². The molecule has 24 heavy (non-hydrogen) atoms. The minimum Gasteiger partial charge on any atom is -0.444 e. The van der Waals surface area contributed by atoms with Crippen LogP contribution in [-0.2, 0) is 11.2 Å². The molecule has 0 bridgehead atoms. The summed E-state index contributed by atoms with van der Waals surface area (Å²) in [4.78, 5) is 14.5. The van der Waals surface area contributed by atoms with Gasteiger partial charge >= 0.3 is 6.09 Å². The van der Waals surface area contributed by atoms with Crippen molar-refractivity contribution in [2.45, 2.75) is 58.1 Å². The quantitative estimate of drug-likeness (QED) is 0.762. The Morgan fingerprint density at radius 1 is 1.17 bits per heavy atom. The Bertz CT molecular complexity index is 747. The van der Waals surface area contributed by atoms with Crippen molar-refractivity contribution in [1.82, 2.24) is 4.90 Å². The van der Waals surface area contributed by atoms with Gasteiger partial charge in [0.05, 0.1) is 0 Å². The standard InChI is InChI=1S/C21H27NO2/c1-20(2,3)24-19(23)22-13-7-12-21(22,4)15-16-10-11-17-8-5-6-9-18(17)14-16/h5-6,8-11,14H,7,12-13,15H2,1-4H3. The van der Waals surface area contributed by atoms with Crippen LogP contribution in [0, 0.1) is 0 Å². The van der Waals surface area contributed by atoms with E-state index in [2.05, 4.69) is 49.4 Å². The lowest BCUT2D eigenvalue weighted by molar-refractivity contribution is 0.0108. The van der Waals surface area contributed by atoms with E-state index in [1.807, 2.05) is 25.7 Å². The average Bonchev–Trinajstić information content (AvgIpc) is 2.87. The van der Waals surface area contributed by atoms with E-state index in [-0.39, 0.29) is 11.6 Å². The highest BCUT2D eigenvalue weighted by Crippen LogP contribution is 2.34. The zero-order chi connectivity index (χ0) is 17.4. The number of benzene rings is 2. The van der Waals surface area contributed by atoms with Crippen molar-refractivity contribution in [1.29, 1.82) is 0 Å². The van der Waals surface area contributed by atoms with Crippen LogP contribution in [0.15, 0.2) is 42.5 Å². The van der Waals surface area contributed by atoms with Crippen LogP contribution in [0.1, 0.15) is 46.1 Å². The summed E-state index contributed by atoms with van der Waals surface area (Å²) in [6.07, 6.45) is 2.71. The maximum absolute atomic E-state index is 12.6. The van der Waals surface area contributed by atoms with E-state index in [4.69, 9.17) is 4.74 Å². The number of hydrogen-bond donors (Lipinski definition) is 0. The largest absolute Gasteiger partial charge is 0.444 e. The number of likely N-dealkylation sites (tertiary alicyclic amines) is 1. The van der Waals surface area contributed by atoms with E-state index in [1.165, 1.54) is 16.3 Å². The van der Waals surface area contributed by atoms with Crippen LogP contribution in [0.3, 0.4) is 0 Å². The number of amides is 1. The maximum Gasteiger partial charge on any atom is 0.410 e. The fraction of sp³-hybridized carbons (Fsp3) is 0.476. The molecule has 0 saturated carbocycles. The molecular formula is C21H27NO2. The van der Waals surface area contributed by atoms with Crippen molar-refractivity contribution in [2.75, 3.05) is 6.54 Å². The number of carbonyl (C=O) groups excluding carboxylic acids is 1. The summed E-state index contributed by atoms with van der Waals surface area (Å²) in [5.74, 6) is 0. The molecule has 1 amide bonds. The van der Waals surface area contributed by atoms with Crippen molar-refractivity contribution in [3.05, 3.63) is 48.0 Å². The van der Waals surface area contributed by atoms with Gasteiger partial charge in [0.1, 0.15) is 5.60 Å². The number of nitrogens with zero attached hydrogens (tertiary/aromatic N) is 1. The third kappa shape index (κ3) is 3.55. The van der Waals surface area contributed by atoms with Crippen LogP contribution in [0.4, 0.5) is 4.79 Å². The first-order chi connectivity index (χ1) is 11.3. The summed E-state index contributed by atoms with van der Waals surface area (Å²) in [6.45, 7) is 8.71. The lowest BCUT2D eigenvalue weighted by Gasteiger charge is -2.36. The molecular weight excluding hydrogens is 298 g/mol. The molecule has 0 aromatic heterocycles. The molecule has 1 aliphatic rings. The van der Waals surface area contributed by atoms with Crippen molar-refractivity contribution < 1.29 is 9.53 Å². The molecule has 1 unspecified atom stereocenters. The second kappa shape index (κ2) is 6.12. The molecule has 3 heteroatoms. The minimum absolute atomic E-state index is 0.176. The number of fused-ring (bicyclic) bond motifs is 1. The van der Waals surface area contributed by atoms with Gasteiger partial charge in [-0.1, -0.05) is 42.5 Å². The highest BCUT2D eigenvalue weighted by Gasteiger charge is 2.41. The molecule has 2 aromatic rings. The second-order valence-corrected chi connectivity index (χ2v) is 8.09. The highest BCUT2D eigenvalue weighted by molar-refractivity contribution is 5.83. The summed E-state index contributed by atoms with van der Waals surface area (Å²) < 4.78 is 5.61. The zero-order valence-corrected chi connectivity index (χ0v) is 15.1. The molecule has 128 valence electrons. The first-order valence-corrected chi connectivity index (χ1v) is 8.75. The van der Waals surface area contributed by atoms with Crippen molar-refractivity contribution in [3.8, 4) is 0 Å². The van der Waals surface area contributed by atoms with Gasteiger partial charge in [0.2, 0.25) is 0 Å². The van der Waals surface area contributed by atoms with Gasteiger partial charge in [-0.2, -0.15) is 0 Å². The van der Waals surface area contributed by atoms with Gasteiger partial charge in [0.25, 0.3) is 0 Å². The fourth-order valence-corrected chi connectivity index (χ4v) is 3.62. The third-order valence-corrected chi connectivity index (χ3v) is 4.76. The Hall–Kier alpha value is -2.03. The van der Waals surface area contributed by atoms with Crippen molar-refractivity contribution in [2.24, 2.45) is 0 Å². The van der Waals surface area contributed by atoms with Crippen molar-refractivity contribution >= 4 is 16.9 Å². The summed E-state index contributed by atoms with van der Waals surface area (Å²) in [5.41, 5.74) is 0.639. The zero-order valence-electron chi connectivity index (χ0n) is 15.1. The molecule has 3 nitrogen and oxygen atoms in total. The van der Waals surface area contributed by atoms with Gasteiger partial charge in [-0.15, -0.1) is 0 Å². The van der Waals surface area contributed by atoms with E-state index in [1.54, 1.807) is 0 Å². The van der Waals surface area contributed by atoms with Crippen LogP contribution in [0.2, 0.25) is 0 Å². The predicted molar refractivity (Wildman–Crippen MR) is 98.2 cm³/mol. The van der Waals surface area contributed by atoms with Crippen LogP contribution < -0.4 is 0 Å². The fourth-order valence-electron chi connectivity index (χ4n) is 3.62. The highest BCUT2D eigenvalue weighted by atomic mass is 16.6. The molecule has 0 aliphatic carbocycles. The molecule has 2 aromatic carbocycles. The van der Waals surface area contributed by atoms with Gasteiger partial charge in [-0.3, -0.25) is 0 Å². The van der Waals surface area contributed by atoms with Crippen LogP contribution in [0.5, 0.6) is 0 Å². The number of carbonyl (C=O) groups is 1. The molecule has 1 saturated heterocycles. The van der Waals surface area contributed by atoms with Crippen LogP contribution in [0.25, 0.3) is 10.8 Å². The molecule has 0 N–H and O–H groups in total. The Balaban J connectivity index is 1.81. The molecule has 3 rings (SSSR count). The summed E-state index contributed by atoms with van der Waals surface area (Å²) in [7, 11) is 0. The Kier molecular flexibility index (Phi) is 4.29. The van der Waals surface area contributed by atoms with E-state index >= 15 is 0 Å². The average molecular weight is 325 g/mol. The third-order valence-electron chi connectivity index (χ3n) is 4.76. The first-order valence-electron chi connectivity index (χ1n) is 8.75. The van der Waals surface area contributed by atoms with Gasteiger partial charge in [0, 0.05) is 12.1 Å². The topological polar surface area (TPSA) is 29.5 Å². The van der Waals surface area contributed by atoms with Crippen LogP contribution in [-0.4, -0.2) is 28.7 Å². The van der Waals surface area contributed by atoms with Crippen molar-refractivity contribution in [3.63, 3.8) is 0 Å². The summed E-state index contributed by atoms with van der Waals surface area (Å²) >= 11 is 0. The normalized spacial score (nSPS) is 21.2. The van der Waals surface area contributed by atoms with Crippen LogP contribution >= 0.6 is 0 Å². The SMILES string of the molecule is CC(C)(C)OC(=O)N1CCCC1(C)Cc1ccc2ccccc2c1. The first kappa shape index (κ1) is 16.8. The Morgan fingerprint density at radius 3 is 2.58 bits per heavy atom. The predicted octanol–water partition coefficient (Wildman–Crippen LogP) is 5.17. The van der Waals surface area contributed by atoms with Gasteiger partial charge in [0.15, 0.2) is 0 Å². The molecule has 1 heterocycles. The Labute approximate surface area is 144 Å². The second-order valence-electron chi connectivity index (χ2n) is 8.09. The summed E-state index contributed by atoms with van der Waals surface area (Å²) in [6, 6.07) is 15.0. The molecule has 1 aliphatic heterocycles. The monoisotopic (exact) mass is 325 g/mol. The molecule has 1 fully saturated rings. The van der Waals surface area contributed by atoms with E-state index < -0.39 is 5.60 Å². The van der Waals surface area contributed by atoms with Gasteiger partial charge < -0.3 is 9.64 Å². The van der Waals surface area contributed by atoms with E-state index in [0.717, 1.165) is 25.8 Å². The van der Waals surface area contributed by atoms with Gasteiger partial charge in [-0.05, 0) is 63.3 Å².